The third-order valence-corrected chi connectivity index (χ3v) is 25.2. The zero-order valence-electron chi connectivity index (χ0n) is 78.6. The molecule has 1 amide bonds. The van der Waals surface area contributed by atoms with Gasteiger partial charge in [-0.3, -0.25) is 15.1 Å². The highest BCUT2D eigenvalue weighted by atomic mass is 79.9. The summed E-state index contributed by atoms with van der Waals surface area (Å²) >= 11 is 3.50. The number of methoxy groups -OCH3 is 1. The van der Waals surface area contributed by atoms with E-state index in [2.05, 4.69) is 154 Å². The fourth-order valence-corrected chi connectivity index (χ4v) is 17.9. The summed E-state index contributed by atoms with van der Waals surface area (Å²) in [6.07, 6.45) is 44.8. The predicted octanol–water partition coefficient (Wildman–Crippen LogP) is 22.3. The highest BCUT2D eigenvalue weighted by Gasteiger charge is 2.27. The molecule has 9 fully saturated rings. The van der Waals surface area contributed by atoms with Crippen LogP contribution in [0, 0.1) is 0 Å². The maximum Gasteiger partial charge on any atom is 0.257 e. The normalized spacial score (nSPS) is 18.7. The lowest BCUT2D eigenvalue weighted by Gasteiger charge is -2.39. The lowest BCUT2D eigenvalue weighted by atomic mass is 9.95. The Kier molecular flexibility index (Phi) is 46.5. The van der Waals surface area contributed by atoms with Crippen LogP contribution in [0.5, 0.6) is 11.5 Å². The molecule has 7 aliphatic carbocycles. The van der Waals surface area contributed by atoms with Gasteiger partial charge < -0.3 is 76.6 Å². The smallest absolute Gasteiger partial charge is 0.257 e. The van der Waals surface area contributed by atoms with E-state index in [9.17, 15) is 9.90 Å². The van der Waals surface area contributed by atoms with E-state index in [1.807, 2.05) is 127 Å². The van der Waals surface area contributed by atoms with Gasteiger partial charge in [-0.15, -0.1) is 0 Å². The Labute approximate surface area is 776 Å². The molecule has 0 atom stereocenters. The van der Waals surface area contributed by atoms with Crippen LogP contribution >= 0.6 is 15.9 Å². The fraction of sp³-hybridized carbons (Fsp3) is 0.587. The predicted molar refractivity (Wildman–Crippen MR) is 539 cm³/mol. The number of hydrogen-bond acceptors (Lipinski definition) is 11. The van der Waals surface area contributed by atoms with E-state index < -0.39 is 0 Å². The molecule has 10 N–H and O–H groups in total. The molecule has 23 nitrogen and oxygen atoms in total. The molecule has 2 aliphatic heterocycles. The number of ether oxygens (including phenoxy) is 3. The standard InChI is InChI=1S/C20H19N3O.C20H29N3O.C19H28BrN3.C19H29N3O.C15H27N3O2.C11H25N3/c1-24-19-14-12-18(13-15-19)23-20(21-16-8-4-2-5-9-16)22-17-10-6-3-7-11-17;24-19(16-10-4-1-5-11-16)23-20(21-17-12-6-2-7-13-17)22-18-14-8-3-9-15-18;20-15-11-13-18(14-12-15)23-19(21-16-7-3-1-4-8-16)22-17-9-5-2-6-10-17;23-18-13-11-17(12-14-18)22-19(20-15-7-3-1-4-8-15)21-16-9-5-2-6-10-16;1-2-4-14(5-3-1)16-15(17-6-10-19-11-7-17)18-8-12-20-13-9-18;1-7-14(8-2)11(12-9(3)4)13-10(5)6/h2-15H,1H3,(H2,21,22,23);1,4-5,10-11,17-18H,2-3,6-9,12-15H2,(H2,21,22,23,24);11-14,16-17H,1-10H2,(H2,21,22,23);11-16,23H,1-10H2,(H2,20,21,22);14H,1-13H2;9-10H,7-8H2,1-6H3,(H,12,13). The summed E-state index contributed by atoms with van der Waals surface area (Å²) in [6.45, 7) is 22.0. The number of carbonyl (C=O) groups excluding carboxylic acids is 1. The number of phenolic OH excluding ortho intramolecular Hbond substituents is 1. The fourth-order valence-electron chi connectivity index (χ4n) is 17.6. The summed E-state index contributed by atoms with van der Waals surface area (Å²) in [5.41, 5.74) is 5.52. The highest BCUT2D eigenvalue weighted by molar-refractivity contribution is 9.10. The zero-order chi connectivity index (χ0) is 89.8. The number of anilines is 4. The Hall–Kier alpha value is -9.39. The van der Waals surface area contributed by atoms with Gasteiger partial charge in [-0.2, -0.15) is 0 Å². The van der Waals surface area contributed by atoms with Gasteiger partial charge in [-0.1, -0.05) is 205 Å². The maximum absolute atomic E-state index is 12.5. The van der Waals surface area contributed by atoms with Crippen molar-refractivity contribution in [3.8, 4) is 11.5 Å². The number of nitrogens with zero attached hydrogens (tertiary/aromatic N) is 9. The summed E-state index contributed by atoms with van der Waals surface area (Å²) in [4.78, 5) is 48.9. The van der Waals surface area contributed by atoms with Crippen molar-refractivity contribution in [1.29, 1.82) is 0 Å². The highest BCUT2D eigenvalue weighted by Crippen LogP contribution is 2.29. The van der Waals surface area contributed by atoms with Crippen molar-refractivity contribution in [2.75, 3.05) is 94.1 Å². The van der Waals surface area contributed by atoms with E-state index in [4.69, 9.17) is 34.2 Å². The lowest BCUT2D eigenvalue weighted by Crippen LogP contribution is -2.52. The molecule has 6 aromatic carbocycles. The number of amides is 1. The average molecular weight is 1820 g/mol. The van der Waals surface area contributed by atoms with Crippen LogP contribution in [-0.4, -0.2) is 189 Å². The van der Waals surface area contributed by atoms with Gasteiger partial charge >= 0.3 is 0 Å². The van der Waals surface area contributed by atoms with Crippen molar-refractivity contribution in [1.82, 2.24) is 41.3 Å². The van der Waals surface area contributed by atoms with Gasteiger partial charge in [0.2, 0.25) is 5.96 Å². The molecular weight excluding hydrogens is 1660 g/mol. The number of hydrogen-bond donors (Lipinski definition) is 10. The second-order valence-electron chi connectivity index (χ2n) is 35.9. The molecule has 0 bridgehead atoms. The quantitative estimate of drug-likeness (QED) is 0.0218. The second-order valence-corrected chi connectivity index (χ2v) is 36.9. The van der Waals surface area contributed by atoms with E-state index >= 15 is 0 Å². The molecule has 2 saturated heterocycles. The number of phenols is 1. The van der Waals surface area contributed by atoms with Crippen molar-refractivity contribution in [3.63, 3.8) is 0 Å². The number of aliphatic imine (C=N–C) groups is 6. The molecule has 2 heterocycles. The number of nitrogens with one attached hydrogen (secondary N) is 9. The largest absolute Gasteiger partial charge is 0.508 e. The number of aromatic hydroxyl groups is 1. The molecule has 15 rings (SSSR count). The number of para-hydroxylation sites is 2. The van der Waals surface area contributed by atoms with Crippen LogP contribution in [0.2, 0.25) is 0 Å². The Morgan fingerprint density at radius 2 is 0.773 bits per heavy atom. The second kappa shape index (κ2) is 59.0. The summed E-state index contributed by atoms with van der Waals surface area (Å²) in [6, 6.07) is 56.6. The molecule has 9 aliphatic rings. The van der Waals surface area contributed by atoms with Gasteiger partial charge in [0, 0.05) is 102 Å². The Bertz CT molecular complexity index is 4000. The van der Waals surface area contributed by atoms with Gasteiger partial charge in [-0.05, 0) is 241 Å². The lowest BCUT2D eigenvalue weighted by molar-refractivity contribution is 0.0415. The summed E-state index contributed by atoms with van der Waals surface area (Å²) in [5, 5.41) is 40.3. The zero-order valence-corrected chi connectivity index (χ0v) is 80.2. The Balaban J connectivity index is 0.000000161. The summed E-state index contributed by atoms with van der Waals surface area (Å²) in [7, 11) is 1.65. The maximum atomic E-state index is 12.5. The molecule has 24 heteroatoms. The number of guanidine groups is 6. The van der Waals surface area contributed by atoms with Crippen molar-refractivity contribution in [3.05, 3.63) is 174 Å². The molecule has 0 radical (unpaired) electrons. The minimum atomic E-state index is -0.0755. The van der Waals surface area contributed by atoms with Crippen LogP contribution in [0.1, 0.15) is 277 Å². The van der Waals surface area contributed by atoms with Gasteiger partial charge in [-0.25, -0.2) is 25.0 Å². The first kappa shape index (κ1) is 101. The van der Waals surface area contributed by atoms with Crippen LogP contribution in [0.3, 0.4) is 0 Å². The molecule has 0 unspecified atom stereocenters. The van der Waals surface area contributed by atoms with Crippen LogP contribution in [0.25, 0.3) is 0 Å². The monoisotopic (exact) mass is 1820 g/mol. The van der Waals surface area contributed by atoms with Crippen LogP contribution in [-0.2, 0) is 9.47 Å². The van der Waals surface area contributed by atoms with E-state index in [-0.39, 0.29) is 5.91 Å². The minimum absolute atomic E-state index is 0.0755. The number of halogens is 1. The first-order valence-electron chi connectivity index (χ1n) is 49.3. The van der Waals surface area contributed by atoms with Crippen molar-refractivity contribution in [2.24, 2.45) is 30.0 Å². The molecule has 0 aromatic heterocycles. The molecule has 6 aromatic rings. The molecule has 7 saturated carbocycles. The number of rotatable bonds is 18. The summed E-state index contributed by atoms with van der Waals surface area (Å²) in [5.74, 6) is 6.49. The third kappa shape index (κ3) is 39.5. The van der Waals surface area contributed by atoms with Gasteiger partial charge in [0.15, 0.2) is 29.8 Å². The molecule has 128 heavy (non-hydrogen) atoms. The number of benzene rings is 6. The van der Waals surface area contributed by atoms with Gasteiger partial charge in [0.1, 0.15) is 11.5 Å². The Morgan fingerprint density at radius 3 is 1.15 bits per heavy atom. The number of morpholine rings is 2. The van der Waals surface area contributed by atoms with Crippen LogP contribution in [0.15, 0.2) is 198 Å². The minimum Gasteiger partial charge on any atom is -0.508 e. The first-order chi connectivity index (χ1) is 62.7. The summed E-state index contributed by atoms with van der Waals surface area (Å²) < 4.78 is 17.3. The van der Waals surface area contributed by atoms with Crippen LogP contribution in [0.4, 0.5) is 28.4 Å². The number of carbonyl (C=O) groups is 1. The molecule has 0 spiro atoms. The third-order valence-electron chi connectivity index (χ3n) is 24.7. The van der Waals surface area contributed by atoms with Crippen molar-refractivity contribution in [2.45, 2.75) is 321 Å². The molecule has 700 valence electrons. The van der Waals surface area contributed by atoms with E-state index in [0.29, 0.717) is 77.6 Å². The average Bonchev–Trinajstić information content (AvgIpc) is 0.840. The van der Waals surface area contributed by atoms with Crippen molar-refractivity contribution >= 4 is 86.0 Å². The van der Waals surface area contributed by atoms with Gasteiger partial charge in [0.05, 0.1) is 63.4 Å². The van der Waals surface area contributed by atoms with E-state index in [1.165, 1.54) is 218 Å². The topological polar surface area (TPSA) is 257 Å². The SMILES string of the molecule is Brc1ccc(NC(=NC2CCCCC2)NC2CCCCC2)cc1.C1CCC(N=C(N2CCOCC2)N2CCOCC2)CC1.CCN(CC)C(=NC(C)C)NC(C)C.COc1ccc(N=C(Nc2ccccc2)Nc2ccccc2)cc1.O=C(NC(=NC1CCCCC1)NC1CCCCC1)c1ccccc1.Oc1ccc(NC(=NC2CCCCC2)NC2CCCCC2)cc1. The van der Waals surface area contributed by atoms with E-state index in [0.717, 1.165) is 135 Å². The Morgan fingerprint density at radius 1 is 0.430 bits per heavy atom. The van der Waals surface area contributed by atoms with Crippen molar-refractivity contribution < 1.29 is 24.1 Å². The van der Waals surface area contributed by atoms with Gasteiger partial charge in [0.25, 0.3) is 5.91 Å². The van der Waals surface area contributed by atoms with Crippen LogP contribution < -0.4 is 52.6 Å². The van der Waals surface area contributed by atoms with E-state index in [1.54, 1.807) is 19.2 Å². The molecular formula is C104H157BrN18O5. The first-order valence-corrected chi connectivity index (χ1v) is 50.1.